The van der Waals surface area contributed by atoms with E-state index in [0.717, 1.165) is 18.4 Å². The lowest BCUT2D eigenvalue weighted by Crippen LogP contribution is -2.40. The van der Waals surface area contributed by atoms with Gasteiger partial charge in [-0.15, -0.1) is 0 Å². The lowest BCUT2D eigenvalue weighted by Gasteiger charge is -2.34. The van der Waals surface area contributed by atoms with Crippen LogP contribution >= 0.6 is 0 Å². The molecule has 2 aromatic rings. The third-order valence-corrected chi connectivity index (χ3v) is 5.55. The zero-order valence-electron chi connectivity index (χ0n) is 16.1. The van der Waals surface area contributed by atoms with E-state index in [1.807, 2.05) is 35.2 Å². The molecule has 2 amide bonds. The van der Waals surface area contributed by atoms with Gasteiger partial charge in [0.05, 0.1) is 12.1 Å². The minimum Gasteiger partial charge on any atom is -0.396 e. The van der Waals surface area contributed by atoms with E-state index in [0.29, 0.717) is 29.9 Å². The van der Waals surface area contributed by atoms with Crippen LogP contribution in [0.2, 0.25) is 0 Å². The maximum Gasteiger partial charge on any atom is 0.278 e. The van der Waals surface area contributed by atoms with Crippen LogP contribution in [0, 0.1) is 11.7 Å². The van der Waals surface area contributed by atoms with Crippen LogP contribution in [-0.2, 0) is 16.1 Å². The monoisotopic (exact) mass is 394 g/mol. The van der Waals surface area contributed by atoms with Crippen molar-refractivity contribution in [2.24, 2.45) is 5.92 Å². The van der Waals surface area contributed by atoms with Crippen molar-refractivity contribution >= 4 is 17.4 Å². The number of carbonyl (C=O) groups excluding carboxylic acids is 2. The second kappa shape index (κ2) is 8.17. The number of imide groups is 1. The molecule has 0 aliphatic carbocycles. The summed E-state index contributed by atoms with van der Waals surface area (Å²) in [6.45, 7) is 1.40. The number of benzene rings is 2. The number of nitrogens with zero attached hydrogens (tertiary/aromatic N) is 2. The minimum atomic E-state index is -0.396. The summed E-state index contributed by atoms with van der Waals surface area (Å²) >= 11 is 0. The number of hydrogen-bond acceptors (Lipinski definition) is 4. The molecule has 0 radical (unpaired) electrons. The zero-order chi connectivity index (χ0) is 20.4. The van der Waals surface area contributed by atoms with Crippen molar-refractivity contribution in [3.8, 4) is 0 Å². The summed E-state index contributed by atoms with van der Waals surface area (Å²) < 4.78 is 13.4. The van der Waals surface area contributed by atoms with E-state index in [9.17, 15) is 19.1 Å². The van der Waals surface area contributed by atoms with Crippen LogP contribution in [0.25, 0.3) is 5.57 Å². The Bertz CT molecular complexity index is 940. The highest BCUT2D eigenvalue weighted by Gasteiger charge is 2.42. The molecule has 0 aromatic heterocycles. The summed E-state index contributed by atoms with van der Waals surface area (Å²) in [5.74, 6) is -1.03. The van der Waals surface area contributed by atoms with Gasteiger partial charge in [-0.3, -0.25) is 14.5 Å². The molecule has 1 saturated heterocycles. The lowest BCUT2D eigenvalue weighted by atomic mass is 9.97. The zero-order valence-corrected chi connectivity index (χ0v) is 16.1. The van der Waals surface area contributed by atoms with Gasteiger partial charge in [0.15, 0.2) is 0 Å². The Kier molecular flexibility index (Phi) is 5.45. The van der Waals surface area contributed by atoms with Gasteiger partial charge in [0.1, 0.15) is 11.5 Å². The first-order chi connectivity index (χ1) is 14.1. The van der Waals surface area contributed by atoms with Crippen LogP contribution in [0.5, 0.6) is 0 Å². The van der Waals surface area contributed by atoms with Crippen molar-refractivity contribution in [2.45, 2.75) is 19.4 Å². The molecule has 0 bridgehead atoms. The highest BCUT2D eigenvalue weighted by atomic mass is 19.1. The summed E-state index contributed by atoms with van der Waals surface area (Å²) in [4.78, 5) is 29.8. The Morgan fingerprint density at radius 3 is 2.41 bits per heavy atom. The van der Waals surface area contributed by atoms with Crippen molar-refractivity contribution in [3.05, 3.63) is 77.2 Å². The molecule has 29 heavy (non-hydrogen) atoms. The van der Waals surface area contributed by atoms with Crippen LogP contribution in [0.4, 0.5) is 4.39 Å². The number of aliphatic hydroxyl groups is 1. The summed E-state index contributed by atoms with van der Waals surface area (Å²) in [5.41, 5.74) is 2.06. The molecule has 2 aliphatic rings. The number of piperidine rings is 1. The van der Waals surface area contributed by atoms with Gasteiger partial charge in [0, 0.05) is 19.7 Å². The van der Waals surface area contributed by atoms with Crippen LogP contribution in [0.1, 0.15) is 24.0 Å². The predicted octanol–water partition coefficient (Wildman–Crippen LogP) is 2.81. The van der Waals surface area contributed by atoms with Crippen LogP contribution < -0.4 is 0 Å². The maximum absolute atomic E-state index is 13.4. The Balaban J connectivity index is 1.73. The molecule has 2 aromatic carbocycles. The Morgan fingerprint density at radius 1 is 1.00 bits per heavy atom. The fraction of sp³-hybridized carbons (Fsp3) is 0.304. The first-order valence-corrected chi connectivity index (χ1v) is 9.84. The molecule has 6 heteroatoms. The summed E-state index contributed by atoms with van der Waals surface area (Å²) in [6, 6.07) is 15.0. The van der Waals surface area contributed by atoms with Crippen molar-refractivity contribution in [3.63, 3.8) is 0 Å². The molecule has 1 atom stereocenters. The molecule has 2 aliphatic heterocycles. The molecular weight excluding hydrogens is 371 g/mol. The topological polar surface area (TPSA) is 60.9 Å². The maximum atomic E-state index is 13.4. The average Bonchev–Trinajstić information content (AvgIpc) is 3.00. The van der Waals surface area contributed by atoms with Gasteiger partial charge in [0.25, 0.3) is 11.8 Å². The van der Waals surface area contributed by atoms with Crippen molar-refractivity contribution in [1.29, 1.82) is 0 Å². The molecular formula is C23H23FN2O3. The number of amides is 2. The third-order valence-electron chi connectivity index (χ3n) is 5.55. The SMILES string of the molecule is O=C1C(c2ccc(F)cc2)=C(N2CCCC(CO)C2)C(=O)N1Cc1ccccc1. The molecule has 150 valence electrons. The van der Waals surface area contributed by atoms with Crippen LogP contribution in [0.3, 0.4) is 0 Å². The Hall–Kier alpha value is -2.99. The highest BCUT2D eigenvalue weighted by molar-refractivity contribution is 6.35. The van der Waals surface area contributed by atoms with Gasteiger partial charge >= 0.3 is 0 Å². The van der Waals surface area contributed by atoms with E-state index in [-0.39, 0.29) is 30.9 Å². The second-order valence-corrected chi connectivity index (χ2v) is 7.55. The summed E-state index contributed by atoms with van der Waals surface area (Å²) in [7, 11) is 0. The van der Waals surface area contributed by atoms with E-state index in [1.165, 1.54) is 29.2 Å². The number of carbonyl (C=O) groups is 2. The lowest BCUT2D eigenvalue weighted by molar-refractivity contribution is -0.138. The van der Waals surface area contributed by atoms with Crippen molar-refractivity contribution < 1.29 is 19.1 Å². The summed E-state index contributed by atoms with van der Waals surface area (Å²) in [5, 5.41) is 9.58. The number of hydrogen-bond donors (Lipinski definition) is 1. The van der Waals surface area contributed by atoms with Gasteiger partial charge in [-0.1, -0.05) is 42.5 Å². The van der Waals surface area contributed by atoms with E-state index in [1.54, 1.807) is 0 Å². The molecule has 4 rings (SSSR count). The van der Waals surface area contributed by atoms with Gasteiger partial charge in [-0.2, -0.15) is 0 Å². The average molecular weight is 394 g/mol. The quantitative estimate of drug-likeness (QED) is 0.793. The highest BCUT2D eigenvalue weighted by Crippen LogP contribution is 2.34. The largest absolute Gasteiger partial charge is 0.396 e. The van der Waals surface area contributed by atoms with E-state index in [2.05, 4.69) is 0 Å². The normalized spacial score (nSPS) is 20.0. The molecule has 1 N–H and O–H groups in total. The molecule has 1 fully saturated rings. The standard InChI is InChI=1S/C23H23FN2O3/c24-19-10-8-18(9-11-19)20-21(25-12-4-7-17(13-25)15-27)23(29)26(22(20)28)14-16-5-2-1-3-6-16/h1-3,5-6,8-11,17,27H,4,7,12-15H2. The molecule has 0 spiro atoms. The van der Waals surface area contributed by atoms with Crippen molar-refractivity contribution in [1.82, 2.24) is 9.80 Å². The first kappa shape index (κ1) is 19.3. The summed E-state index contributed by atoms with van der Waals surface area (Å²) in [6.07, 6.45) is 1.73. The molecule has 0 saturated carbocycles. The number of aliphatic hydroxyl groups excluding tert-OH is 1. The van der Waals surface area contributed by atoms with Gasteiger partial charge < -0.3 is 10.0 Å². The number of halogens is 1. The molecule has 5 nitrogen and oxygen atoms in total. The third kappa shape index (κ3) is 3.80. The Morgan fingerprint density at radius 2 is 1.72 bits per heavy atom. The minimum absolute atomic E-state index is 0.0472. The van der Waals surface area contributed by atoms with E-state index >= 15 is 0 Å². The fourth-order valence-corrected chi connectivity index (χ4v) is 4.06. The Labute approximate surface area is 169 Å². The van der Waals surface area contributed by atoms with Crippen LogP contribution in [0.15, 0.2) is 60.3 Å². The van der Waals surface area contributed by atoms with Gasteiger partial charge in [-0.25, -0.2) is 4.39 Å². The smallest absolute Gasteiger partial charge is 0.278 e. The predicted molar refractivity (Wildman–Crippen MR) is 107 cm³/mol. The van der Waals surface area contributed by atoms with E-state index in [4.69, 9.17) is 0 Å². The first-order valence-electron chi connectivity index (χ1n) is 9.84. The number of rotatable bonds is 5. The van der Waals surface area contributed by atoms with Crippen LogP contribution in [-0.4, -0.2) is 46.4 Å². The fourth-order valence-electron chi connectivity index (χ4n) is 4.06. The molecule has 1 unspecified atom stereocenters. The van der Waals surface area contributed by atoms with E-state index < -0.39 is 5.82 Å². The second-order valence-electron chi connectivity index (χ2n) is 7.55. The van der Waals surface area contributed by atoms with Gasteiger partial charge in [-0.05, 0) is 42.0 Å². The van der Waals surface area contributed by atoms with Gasteiger partial charge in [0.2, 0.25) is 0 Å². The van der Waals surface area contributed by atoms with Crippen molar-refractivity contribution in [2.75, 3.05) is 19.7 Å². The molecule has 2 heterocycles. The number of likely N-dealkylation sites (tertiary alicyclic amines) is 1.